The molecule has 0 aliphatic heterocycles. The van der Waals surface area contributed by atoms with Crippen molar-refractivity contribution in [3.8, 4) is 5.75 Å². The Morgan fingerprint density at radius 3 is 2.36 bits per heavy atom. The van der Waals surface area contributed by atoms with Crippen LogP contribution in [0.2, 0.25) is 0 Å². The highest BCUT2D eigenvalue weighted by Crippen LogP contribution is 2.33. The van der Waals surface area contributed by atoms with E-state index in [1.807, 2.05) is 6.07 Å². The quantitative estimate of drug-likeness (QED) is 0.758. The highest BCUT2D eigenvalue weighted by atomic mass is 16.3. The summed E-state index contributed by atoms with van der Waals surface area (Å²) in [7, 11) is 0. The maximum Gasteiger partial charge on any atom is 0.119 e. The summed E-state index contributed by atoms with van der Waals surface area (Å²) < 4.78 is 0. The fourth-order valence-corrected chi connectivity index (χ4v) is 1.93. The zero-order valence-corrected chi connectivity index (χ0v) is 9.59. The molecule has 0 aliphatic carbocycles. The van der Waals surface area contributed by atoms with E-state index in [1.54, 1.807) is 6.07 Å². The van der Waals surface area contributed by atoms with Crippen molar-refractivity contribution in [2.75, 3.05) is 0 Å². The highest BCUT2D eigenvalue weighted by molar-refractivity contribution is 5.43. The fraction of sp³-hybridized carbons (Fsp3) is 0.538. The molecule has 14 heavy (non-hydrogen) atoms. The van der Waals surface area contributed by atoms with E-state index in [9.17, 15) is 5.11 Å². The van der Waals surface area contributed by atoms with Crippen LogP contribution in [0, 0.1) is 0 Å². The van der Waals surface area contributed by atoms with E-state index in [1.165, 1.54) is 5.56 Å². The number of hydrogen-bond donors (Lipinski definition) is 1. The van der Waals surface area contributed by atoms with Crippen LogP contribution in [0.25, 0.3) is 0 Å². The van der Waals surface area contributed by atoms with Gasteiger partial charge in [-0.15, -0.1) is 0 Å². The molecule has 1 heteroatoms. The smallest absolute Gasteiger partial charge is 0.119 e. The van der Waals surface area contributed by atoms with Crippen LogP contribution in [0.1, 0.15) is 45.2 Å². The normalized spacial score (nSPS) is 11.7. The minimum Gasteiger partial charge on any atom is -0.508 e. The molecule has 0 atom stereocenters. The third-order valence-corrected chi connectivity index (χ3v) is 2.40. The van der Waals surface area contributed by atoms with Gasteiger partial charge in [0.05, 0.1) is 0 Å². The molecule has 1 aromatic rings. The largest absolute Gasteiger partial charge is 0.508 e. The summed E-state index contributed by atoms with van der Waals surface area (Å²) in [5.74, 6) is 0.434. The molecule has 0 amide bonds. The topological polar surface area (TPSA) is 20.2 Å². The van der Waals surface area contributed by atoms with Crippen LogP contribution in [0.4, 0.5) is 0 Å². The minimum atomic E-state index is 0.0237. The average molecular weight is 192 g/mol. The zero-order chi connectivity index (χ0) is 10.8. The zero-order valence-electron chi connectivity index (χ0n) is 9.59. The molecule has 0 heterocycles. The lowest BCUT2D eigenvalue weighted by molar-refractivity contribution is 0.444. The van der Waals surface area contributed by atoms with Crippen LogP contribution in [0.5, 0.6) is 5.75 Å². The summed E-state index contributed by atoms with van der Waals surface area (Å²) in [6.07, 6.45) is 2.16. The monoisotopic (exact) mass is 192 g/mol. The van der Waals surface area contributed by atoms with Gasteiger partial charge in [0.2, 0.25) is 0 Å². The molecule has 0 unspecified atom stereocenters. The van der Waals surface area contributed by atoms with Crippen molar-refractivity contribution in [2.24, 2.45) is 0 Å². The van der Waals surface area contributed by atoms with Crippen molar-refractivity contribution in [1.82, 2.24) is 0 Å². The van der Waals surface area contributed by atoms with Gasteiger partial charge < -0.3 is 5.11 Å². The van der Waals surface area contributed by atoms with E-state index >= 15 is 0 Å². The number of phenolic OH excluding ortho intramolecular Hbond substituents is 1. The summed E-state index contributed by atoms with van der Waals surface area (Å²) in [5, 5.41) is 9.85. The Morgan fingerprint density at radius 1 is 1.21 bits per heavy atom. The molecule has 0 saturated carbocycles. The Bertz CT molecular complexity index is 308. The molecule has 0 aromatic heterocycles. The molecule has 0 fully saturated rings. The average Bonchev–Trinajstić information content (AvgIpc) is 2.02. The van der Waals surface area contributed by atoms with Crippen molar-refractivity contribution in [1.29, 1.82) is 0 Å². The van der Waals surface area contributed by atoms with E-state index in [2.05, 4.69) is 33.8 Å². The van der Waals surface area contributed by atoms with Gasteiger partial charge in [0, 0.05) is 5.56 Å². The third-order valence-electron chi connectivity index (χ3n) is 2.40. The first kappa shape index (κ1) is 11.1. The van der Waals surface area contributed by atoms with Crippen molar-refractivity contribution < 1.29 is 5.11 Å². The van der Waals surface area contributed by atoms with Gasteiger partial charge in [-0.3, -0.25) is 0 Å². The molecular formula is C13H20O. The van der Waals surface area contributed by atoms with E-state index in [0.717, 1.165) is 18.4 Å². The molecule has 0 bridgehead atoms. The molecule has 0 saturated heterocycles. The van der Waals surface area contributed by atoms with Crippen molar-refractivity contribution in [3.05, 3.63) is 29.3 Å². The predicted octanol–water partition coefficient (Wildman–Crippen LogP) is 3.64. The number of rotatable bonds is 2. The van der Waals surface area contributed by atoms with Gasteiger partial charge in [0.25, 0.3) is 0 Å². The Morgan fingerprint density at radius 2 is 1.86 bits per heavy atom. The van der Waals surface area contributed by atoms with E-state index in [-0.39, 0.29) is 5.41 Å². The summed E-state index contributed by atoms with van der Waals surface area (Å²) in [5.41, 5.74) is 2.40. The number of hydrogen-bond acceptors (Lipinski definition) is 1. The first-order chi connectivity index (χ1) is 6.46. The first-order valence-electron chi connectivity index (χ1n) is 5.28. The standard InChI is InChI=1S/C13H20O/c1-5-7-10-8-6-9-11(14)12(10)13(2,3)4/h6,8-9,14H,5,7H2,1-4H3. The molecule has 1 N–H and O–H groups in total. The van der Waals surface area contributed by atoms with Crippen LogP contribution in [0.15, 0.2) is 18.2 Å². The molecule has 1 aromatic carbocycles. The lowest BCUT2D eigenvalue weighted by Gasteiger charge is -2.24. The minimum absolute atomic E-state index is 0.0237. The Labute approximate surface area is 86.8 Å². The van der Waals surface area contributed by atoms with Gasteiger partial charge in [0.1, 0.15) is 5.75 Å². The van der Waals surface area contributed by atoms with Crippen molar-refractivity contribution in [3.63, 3.8) is 0 Å². The van der Waals surface area contributed by atoms with E-state index in [4.69, 9.17) is 0 Å². The molecule has 0 spiro atoms. The van der Waals surface area contributed by atoms with Gasteiger partial charge in [-0.05, 0) is 23.5 Å². The number of aromatic hydroxyl groups is 1. The first-order valence-corrected chi connectivity index (χ1v) is 5.28. The third kappa shape index (κ3) is 2.28. The Kier molecular flexibility index (Phi) is 3.20. The van der Waals surface area contributed by atoms with Crippen LogP contribution < -0.4 is 0 Å². The lowest BCUT2D eigenvalue weighted by atomic mass is 9.82. The molecule has 0 aliphatic rings. The second-order valence-corrected chi connectivity index (χ2v) is 4.81. The maximum absolute atomic E-state index is 9.85. The van der Waals surface area contributed by atoms with Crippen LogP contribution in [-0.2, 0) is 11.8 Å². The SMILES string of the molecule is CCCc1cccc(O)c1C(C)(C)C. The molecule has 1 rings (SSSR count). The summed E-state index contributed by atoms with van der Waals surface area (Å²) in [6, 6.07) is 5.82. The van der Waals surface area contributed by atoms with Crippen molar-refractivity contribution in [2.45, 2.75) is 46.0 Å². The van der Waals surface area contributed by atoms with Gasteiger partial charge in [0.15, 0.2) is 0 Å². The van der Waals surface area contributed by atoms with Crippen molar-refractivity contribution >= 4 is 0 Å². The lowest BCUT2D eigenvalue weighted by Crippen LogP contribution is -2.14. The summed E-state index contributed by atoms with van der Waals surface area (Å²) in [6.45, 7) is 8.58. The second kappa shape index (κ2) is 4.04. The van der Waals surface area contributed by atoms with Crippen LogP contribution in [-0.4, -0.2) is 5.11 Å². The Hall–Kier alpha value is -0.980. The number of benzene rings is 1. The molecule has 78 valence electrons. The predicted molar refractivity (Wildman–Crippen MR) is 60.8 cm³/mol. The number of aryl methyl sites for hydroxylation is 1. The van der Waals surface area contributed by atoms with Gasteiger partial charge in [-0.2, -0.15) is 0 Å². The number of phenols is 1. The summed E-state index contributed by atoms with van der Waals surface area (Å²) in [4.78, 5) is 0. The van der Waals surface area contributed by atoms with E-state index < -0.39 is 0 Å². The van der Waals surface area contributed by atoms with Gasteiger partial charge >= 0.3 is 0 Å². The van der Waals surface area contributed by atoms with Crippen LogP contribution in [0.3, 0.4) is 0 Å². The summed E-state index contributed by atoms with van der Waals surface area (Å²) >= 11 is 0. The highest BCUT2D eigenvalue weighted by Gasteiger charge is 2.20. The maximum atomic E-state index is 9.85. The Balaban J connectivity index is 3.22. The van der Waals surface area contributed by atoms with E-state index in [0.29, 0.717) is 5.75 Å². The molecule has 0 radical (unpaired) electrons. The fourth-order valence-electron chi connectivity index (χ4n) is 1.93. The molecular weight excluding hydrogens is 172 g/mol. The molecule has 1 nitrogen and oxygen atoms in total. The van der Waals surface area contributed by atoms with Crippen LogP contribution >= 0.6 is 0 Å². The van der Waals surface area contributed by atoms with Gasteiger partial charge in [-0.25, -0.2) is 0 Å². The van der Waals surface area contributed by atoms with Gasteiger partial charge in [-0.1, -0.05) is 46.2 Å². The second-order valence-electron chi connectivity index (χ2n) is 4.81.